The Labute approximate surface area is 169 Å². The standard InChI is InChI=1S/C21H24N4O4/c1-14(16-9-10-19(28-2)20(11-16)29-3)22-21(27)17-12-25(24-23-17)13-18(26)15-7-5-4-6-8-15/h4-12,14,18,26H,13H2,1-3H3,(H,22,27)/t14-,18+/m0/s1. The van der Waals surface area contributed by atoms with Crippen molar-refractivity contribution in [3.05, 3.63) is 71.5 Å². The second kappa shape index (κ2) is 9.20. The highest BCUT2D eigenvalue weighted by Crippen LogP contribution is 2.29. The minimum atomic E-state index is -0.737. The number of hydrogen-bond acceptors (Lipinski definition) is 6. The molecule has 29 heavy (non-hydrogen) atoms. The van der Waals surface area contributed by atoms with Gasteiger partial charge in [0.1, 0.15) is 0 Å². The zero-order chi connectivity index (χ0) is 20.8. The summed E-state index contributed by atoms with van der Waals surface area (Å²) in [5.74, 6) is 0.856. The molecule has 2 atom stereocenters. The molecule has 0 aliphatic carbocycles. The summed E-state index contributed by atoms with van der Waals surface area (Å²) in [6.07, 6.45) is 0.780. The second-order valence-electron chi connectivity index (χ2n) is 6.56. The largest absolute Gasteiger partial charge is 0.493 e. The van der Waals surface area contributed by atoms with E-state index in [0.717, 1.165) is 11.1 Å². The van der Waals surface area contributed by atoms with E-state index in [2.05, 4.69) is 15.6 Å². The zero-order valence-corrected chi connectivity index (χ0v) is 16.6. The van der Waals surface area contributed by atoms with Gasteiger partial charge in [-0.25, -0.2) is 4.68 Å². The number of rotatable bonds is 8. The van der Waals surface area contributed by atoms with Crippen LogP contribution < -0.4 is 14.8 Å². The lowest BCUT2D eigenvalue weighted by atomic mass is 10.1. The maximum Gasteiger partial charge on any atom is 0.273 e. The summed E-state index contributed by atoms with van der Waals surface area (Å²) in [6.45, 7) is 2.07. The first kappa shape index (κ1) is 20.3. The molecule has 0 aliphatic heterocycles. The van der Waals surface area contributed by atoms with Gasteiger partial charge in [0.05, 0.1) is 39.1 Å². The molecule has 1 heterocycles. The van der Waals surface area contributed by atoms with Crippen LogP contribution in [0.15, 0.2) is 54.7 Å². The zero-order valence-electron chi connectivity index (χ0n) is 16.6. The van der Waals surface area contributed by atoms with Gasteiger partial charge in [-0.3, -0.25) is 4.79 Å². The van der Waals surface area contributed by atoms with Crippen molar-refractivity contribution >= 4 is 5.91 Å². The number of methoxy groups -OCH3 is 2. The normalized spacial score (nSPS) is 12.8. The Morgan fingerprint density at radius 1 is 1.10 bits per heavy atom. The van der Waals surface area contributed by atoms with Gasteiger partial charge in [0.2, 0.25) is 0 Å². The van der Waals surface area contributed by atoms with E-state index in [0.29, 0.717) is 11.5 Å². The fraction of sp³-hybridized carbons (Fsp3) is 0.286. The Morgan fingerprint density at radius 2 is 1.83 bits per heavy atom. The number of aliphatic hydroxyl groups is 1. The second-order valence-corrected chi connectivity index (χ2v) is 6.56. The van der Waals surface area contributed by atoms with Gasteiger partial charge in [-0.2, -0.15) is 0 Å². The lowest BCUT2D eigenvalue weighted by molar-refractivity contribution is 0.0934. The molecule has 8 heteroatoms. The van der Waals surface area contributed by atoms with Crippen molar-refractivity contribution in [2.75, 3.05) is 14.2 Å². The number of amides is 1. The van der Waals surface area contributed by atoms with E-state index < -0.39 is 6.10 Å². The Bertz CT molecular complexity index is 958. The molecule has 0 unspecified atom stereocenters. The first-order valence-electron chi connectivity index (χ1n) is 9.17. The number of aromatic nitrogens is 3. The third-order valence-corrected chi connectivity index (χ3v) is 4.57. The molecule has 152 valence electrons. The van der Waals surface area contributed by atoms with Crippen LogP contribution in [0, 0.1) is 0 Å². The molecular formula is C21H24N4O4. The number of nitrogens with zero attached hydrogens (tertiary/aromatic N) is 3. The lowest BCUT2D eigenvalue weighted by Gasteiger charge is -2.16. The van der Waals surface area contributed by atoms with Crippen LogP contribution in [0.3, 0.4) is 0 Å². The lowest BCUT2D eigenvalue weighted by Crippen LogP contribution is -2.27. The minimum Gasteiger partial charge on any atom is -0.493 e. The number of nitrogens with one attached hydrogen (secondary N) is 1. The van der Waals surface area contributed by atoms with E-state index in [1.807, 2.05) is 49.4 Å². The fourth-order valence-corrected chi connectivity index (χ4v) is 2.93. The number of carbonyl (C=O) groups excluding carboxylic acids is 1. The predicted octanol–water partition coefficient (Wildman–Crippen LogP) is 2.52. The fourth-order valence-electron chi connectivity index (χ4n) is 2.93. The molecule has 0 aliphatic rings. The van der Waals surface area contributed by atoms with Crippen molar-refractivity contribution in [2.24, 2.45) is 0 Å². The third-order valence-electron chi connectivity index (χ3n) is 4.57. The van der Waals surface area contributed by atoms with E-state index in [4.69, 9.17) is 9.47 Å². The van der Waals surface area contributed by atoms with E-state index in [9.17, 15) is 9.90 Å². The molecule has 3 aromatic rings. The molecule has 0 bridgehead atoms. The highest BCUT2D eigenvalue weighted by atomic mass is 16.5. The van der Waals surface area contributed by atoms with E-state index in [1.54, 1.807) is 20.3 Å². The van der Waals surface area contributed by atoms with Gasteiger partial charge in [-0.05, 0) is 30.2 Å². The maximum atomic E-state index is 12.5. The average molecular weight is 396 g/mol. The SMILES string of the molecule is COc1ccc([C@H](C)NC(=O)c2cn(C[C@@H](O)c3ccccc3)nn2)cc1OC. The van der Waals surface area contributed by atoms with Crippen LogP contribution >= 0.6 is 0 Å². The molecule has 0 saturated heterocycles. The topological polar surface area (TPSA) is 98.5 Å². The molecule has 8 nitrogen and oxygen atoms in total. The van der Waals surface area contributed by atoms with Crippen LogP contribution in [0.1, 0.15) is 40.7 Å². The summed E-state index contributed by atoms with van der Waals surface area (Å²) in [5, 5.41) is 21.0. The first-order valence-corrected chi connectivity index (χ1v) is 9.17. The van der Waals surface area contributed by atoms with Gasteiger partial charge in [0, 0.05) is 0 Å². The highest BCUT2D eigenvalue weighted by Gasteiger charge is 2.17. The number of aliphatic hydroxyl groups excluding tert-OH is 1. The molecule has 1 amide bonds. The van der Waals surface area contributed by atoms with Crippen molar-refractivity contribution in [1.82, 2.24) is 20.3 Å². The summed E-state index contributed by atoms with van der Waals surface area (Å²) in [5.41, 5.74) is 1.82. The molecule has 2 aromatic carbocycles. The van der Waals surface area contributed by atoms with Gasteiger partial charge in [-0.15, -0.1) is 5.10 Å². The number of ether oxygens (including phenoxy) is 2. The predicted molar refractivity (Wildman–Crippen MR) is 107 cm³/mol. The molecule has 2 N–H and O–H groups in total. The molecule has 1 aromatic heterocycles. The van der Waals surface area contributed by atoms with Gasteiger partial charge >= 0.3 is 0 Å². The summed E-state index contributed by atoms with van der Waals surface area (Å²) >= 11 is 0. The molecule has 0 radical (unpaired) electrons. The van der Waals surface area contributed by atoms with Gasteiger partial charge < -0.3 is 19.9 Å². The quantitative estimate of drug-likeness (QED) is 0.607. The monoisotopic (exact) mass is 396 g/mol. The summed E-state index contributed by atoms with van der Waals surface area (Å²) < 4.78 is 12.0. The van der Waals surface area contributed by atoms with Crippen molar-refractivity contribution < 1.29 is 19.4 Å². The molecule has 3 rings (SSSR count). The van der Waals surface area contributed by atoms with Crippen molar-refractivity contribution in [3.8, 4) is 11.5 Å². The van der Waals surface area contributed by atoms with Crippen LogP contribution in [0.25, 0.3) is 0 Å². The third kappa shape index (κ3) is 4.91. The van der Waals surface area contributed by atoms with Crippen LogP contribution in [0.5, 0.6) is 11.5 Å². The molecule has 0 fully saturated rings. The van der Waals surface area contributed by atoms with Crippen LogP contribution in [0.2, 0.25) is 0 Å². The van der Waals surface area contributed by atoms with Gasteiger partial charge in [-0.1, -0.05) is 41.6 Å². The van der Waals surface area contributed by atoms with Gasteiger partial charge in [0.15, 0.2) is 17.2 Å². The highest BCUT2D eigenvalue weighted by molar-refractivity contribution is 5.92. The number of hydrogen-bond donors (Lipinski definition) is 2. The maximum absolute atomic E-state index is 12.5. The Kier molecular flexibility index (Phi) is 6.46. The Morgan fingerprint density at radius 3 is 2.52 bits per heavy atom. The molecular weight excluding hydrogens is 372 g/mol. The average Bonchev–Trinajstić information content (AvgIpc) is 3.22. The van der Waals surface area contributed by atoms with Crippen molar-refractivity contribution in [1.29, 1.82) is 0 Å². The van der Waals surface area contributed by atoms with Gasteiger partial charge in [0.25, 0.3) is 5.91 Å². The van der Waals surface area contributed by atoms with Crippen LogP contribution in [-0.2, 0) is 6.54 Å². The van der Waals surface area contributed by atoms with Crippen molar-refractivity contribution in [2.45, 2.75) is 25.6 Å². The number of carbonyl (C=O) groups is 1. The van der Waals surface area contributed by atoms with Crippen LogP contribution in [-0.4, -0.2) is 40.2 Å². The Hall–Kier alpha value is -3.39. The van der Waals surface area contributed by atoms with Crippen molar-refractivity contribution in [3.63, 3.8) is 0 Å². The minimum absolute atomic E-state index is 0.178. The number of benzene rings is 2. The molecule has 0 saturated carbocycles. The summed E-state index contributed by atoms with van der Waals surface area (Å²) in [4.78, 5) is 12.5. The smallest absolute Gasteiger partial charge is 0.273 e. The van der Waals surface area contributed by atoms with E-state index in [1.165, 1.54) is 10.9 Å². The summed E-state index contributed by atoms with van der Waals surface area (Å²) in [6, 6.07) is 14.5. The Balaban J connectivity index is 1.64. The van der Waals surface area contributed by atoms with E-state index in [-0.39, 0.29) is 24.2 Å². The van der Waals surface area contributed by atoms with E-state index >= 15 is 0 Å². The molecule has 0 spiro atoms. The van der Waals surface area contributed by atoms with Crippen LogP contribution in [0.4, 0.5) is 0 Å². The first-order chi connectivity index (χ1) is 14.0. The summed E-state index contributed by atoms with van der Waals surface area (Å²) in [7, 11) is 3.13.